The van der Waals surface area contributed by atoms with Crippen molar-refractivity contribution in [1.29, 1.82) is 0 Å². The zero-order valence-corrected chi connectivity index (χ0v) is 17.7. The molecule has 0 spiro atoms. The average Bonchev–Trinajstić information content (AvgIpc) is 2.45. The number of carbonyl (C=O) groups excluding carboxylic acids is 1. The third-order valence-electron chi connectivity index (χ3n) is 5.11. The van der Waals surface area contributed by atoms with Crippen LogP contribution in [-0.4, -0.2) is 39.2 Å². The Morgan fingerprint density at radius 2 is 1.62 bits per heavy atom. The van der Waals surface area contributed by atoms with E-state index >= 15 is 0 Å². The second kappa shape index (κ2) is 8.26. The van der Waals surface area contributed by atoms with Crippen molar-refractivity contribution in [2.24, 2.45) is 0 Å². The van der Waals surface area contributed by atoms with Gasteiger partial charge in [-0.3, -0.25) is 4.79 Å². The maximum Gasteiger partial charge on any atom is 0.200 e. The highest BCUT2D eigenvalue weighted by Crippen LogP contribution is 2.42. The third-order valence-corrected chi connectivity index (χ3v) is 11.2. The molecular formula is C19H36O4Si. The quantitative estimate of drug-likeness (QED) is 0.354. The van der Waals surface area contributed by atoms with Crippen LogP contribution >= 0.6 is 0 Å². The predicted molar refractivity (Wildman–Crippen MR) is 101 cm³/mol. The highest BCUT2D eigenvalue weighted by Gasteiger charge is 2.45. The molecular weight excluding hydrogens is 320 g/mol. The fourth-order valence-electron chi connectivity index (χ4n) is 4.17. The molecule has 1 heterocycles. The molecule has 24 heavy (non-hydrogen) atoms. The van der Waals surface area contributed by atoms with Crippen molar-refractivity contribution < 1.29 is 18.7 Å². The van der Waals surface area contributed by atoms with E-state index in [4.69, 9.17) is 13.9 Å². The molecule has 5 heteroatoms. The zero-order chi connectivity index (χ0) is 18.6. The van der Waals surface area contributed by atoms with Gasteiger partial charge in [0.25, 0.3) is 0 Å². The number of carbonyl (C=O) groups is 1. The minimum Gasteiger partial charge on any atom is -0.412 e. The maximum atomic E-state index is 11.6. The van der Waals surface area contributed by atoms with Gasteiger partial charge in [0.1, 0.15) is 5.60 Å². The molecule has 0 radical (unpaired) electrons. The Morgan fingerprint density at radius 3 is 2.04 bits per heavy atom. The summed E-state index contributed by atoms with van der Waals surface area (Å²) in [5.74, 6) is -0.739. The van der Waals surface area contributed by atoms with E-state index in [1.807, 2.05) is 26.0 Å². The lowest BCUT2D eigenvalue weighted by atomic mass is 9.99. The summed E-state index contributed by atoms with van der Waals surface area (Å²) < 4.78 is 17.9. The molecule has 1 aliphatic rings. The van der Waals surface area contributed by atoms with Crippen LogP contribution in [0.25, 0.3) is 0 Å². The van der Waals surface area contributed by atoms with E-state index in [1.165, 1.54) is 0 Å². The molecule has 0 aromatic carbocycles. The first-order valence-electron chi connectivity index (χ1n) is 9.13. The van der Waals surface area contributed by atoms with Crippen LogP contribution in [0.1, 0.15) is 61.8 Å². The van der Waals surface area contributed by atoms with Crippen LogP contribution in [0.4, 0.5) is 0 Å². The van der Waals surface area contributed by atoms with E-state index in [9.17, 15) is 4.79 Å². The van der Waals surface area contributed by atoms with Crippen molar-refractivity contribution in [3.63, 3.8) is 0 Å². The van der Waals surface area contributed by atoms with Crippen molar-refractivity contribution in [2.45, 2.75) is 89.8 Å². The van der Waals surface area contributed by atoms with Crippen molar-refractivity contribution in [1.82, 2.24) is 0 Å². The van der Waals surface area contributed by atoms with Gasteiger partial charge in [-0.05, 0) is 36.5 Å². The monoisotopic (exact) mass is 356 g/mol. The van der Waals surface area contributed by atoms with E-state index in [1.54, 1.807) is 0 Å². The van der Waals surface area contributed by atoms with Gasteiger partial charge in [-0.2, -0.15) is 0 Å². The van der Waals surface area contributed by atoms with Crippen LogP contribution in [-0.2, 0) is 18.7 Å². The van der Waals surface area contributed by atoms with Crippen molar-refractivity contribution in [3.8, 4) is 0 Å². The molecule has 0 N–H and O–H groups in total. The summed E-state index contributed by atoms with van der Waals surface area (Å²) in [6, 6.07) is 0. The smallest absolute Gasteiger partial charge is 0.200 e. The molecule has 1 aliphatic heterocycles. The SMILES string of the molecule is CC(C)[Si](OC/C=C/[C@@]1(C=O)CCOC(C)(C)O1)(C(C)C)C(C)C. The van der Waals surface area contributed by atoms with E-state index in [-0.39, 0.29) is 0 Å². The first-order chi connectivity index (χ1) is 11.0. The summed E-state index contributed by atoms with van der Waals surface area (Å²) in [7, 11) is -1.88. The lowest BCUT2D eigenvalue weighted by molar-refractivity contribution is -0.285. The van der Waals surface area contributed by atoms with Crippen LogP contribution in [0.15, 0.2) is 12.2 Å². The third kappa shape index (κ3) is 4.78. The van der Waals surface area contributed by atoms with Gasteiger partial charge < -0.3 is 13.9 Å². The second-order valence-corrected chi connectivity index (χ2v) is 13.7. The lowest BCUT2D eigenvalue weighted by Gasteiger charge is -2.42. The van der Waals surface area contributed by atoms with E-state index in [0.717, 1.165) is 6.29 Å². The summed E-state index contributed by atoms with van der Waals surface area (Å²) in [4.78, 5) is 11.6. The van der Waals surface area contributed by atoms with Gasteiger partial charge in [0, 0.05) is 6.42 Å². The molecule has 0 saturated carbocycles. The highest BCUT2D eigenvalue weighted by atomic mass is 28.4. The molecule has 0 aromatic heterocycles. The first kappa shape index (κ1) is 21.5. The molecule has 140 valence electrons. The molecule has 0 aromatic rings. The van der Waals surface area contributed by atoms with Gasteiger partial charge >= 0.3 is 0 Å². The van der Waals surface area contributed by atoms with Gasteiger partial charge in [0.15, 0.2) is 12.1 Å². The second-order valence-electron chi connectivity index (χ2n) is 8.20. The van der Waals surface area contributed by atoms with Gasteiger partial charge in [0.05, 0.1) is 13.2 Å². The van der Waals surface area contributed by atoms with Crippen molar-refractivity contribution in [2.75, 3.05) is 13.2 Å². The molecule has 4 nitrogen and oxygen atoms in total. The Morgan fingerprint density at radius 1 is 1.08 bits per heavy atom. The maximum absolute atomic E-state index is 11.6. The first-order valence-corrected chi connectivity index (χ1v) is 11.3. The molecule has 1 atom stereocenters. The van der Waals surface area contributed by atoms with Crippen LogP contribution in [0, 0.1) is 0 Å². The van der Waals surface area contributed by atoms with E-state index < -0.39 is 19.7 Å². The van der Waals surface area contributed by atoms with Gasteiger partial charge in [0.2, 0.25) is 8.32 Å². The molecule has 1 rings (SSSR count). The van der Waals surface area contributed by atoms with Crippen molar-refractivity contribution >= 4 is 14.6 Å². The molecule has 0 unspecified atom stereocenters. The summed E-state index contributed by atoms with van der Waals surface area (Å²) in [5, 5.41) is 0. The fourth-order valence-corrected chi connectivity index (χ4v) is 9.56. The Labute approximate surface area is 149 Å². The number of hydrogen-bond donors (Lipinski definition) is 0. The van der Waals surface area contributed by atoms with E-state index in [0.29, 0.717) is 36.3 Å². The molecule has 0 aliphatic carbocycles. The summed E-state index contributed by atoms with van der Waals surface area (Å²) in [6.45, 7) is 18.3. The lowest BCUT2D eigenvalue weighted by Crippen LogP contribution is -2.49. The largest absolute Gasteiger partial charge is 0.412 e. The Balaban J connectivity index is 2.82. The molecule has 0 bridgehead atoms. The topological polar surface area (TPSA) is 44.8 Å². The zero-order valence-electron chi connectivity index (χ0n) is 16.7. The molecule has 1 saturated heterocycles. The molecule has 0 amide bonds. The normalized spacial score (nSPS) is 25.1. The van der Waals surface area contributed by atoms with Crippen LogP contribution in [0.3, 0.4) is 0 Å². The number of hydrogen-bond acceptors (Lipinski definition) is 4. The average molecular weight is 357 g/mol. The number of aldehydes is 1. The number of ether oxygens (including phenoxy) is 2. The summed E-state index contributed by atoms with van der Waals surface area (Å²) >= 11 is 0. The minimum atomic E-state index is -1.88. The Bertz CT molecular complexity index is 421. The van der Waals surface area contributed by atoms with Crippen molar-refractivity contribution in [3.05, 3.63) is 12.2 Å². The Hall–Kier alpha value is -0.493. The minimum absolute atomic E-state index is 0.513. The van der Waals surface area contributed by atoms with Gasteiger partial charge in [-0.25, -0.2) is 0 Å². The van der Waals surface area contributed by atoms with Gasteiger partial charge in [-0.1, -0.05) is 47.6 Å². The fraction of sp³-hybridized carbons (Fsp3) is 0.842. The van der Waals surface area contributed by atoms with E-state index in [2.05, 4.69) is 41.5 Å². The summed E-state index contributed by atoms with van der Waals surface area (Å²) in [6.07, 6.45) is 5.22. The summed E-state index contributed by atoms with van der Waals surface area (Å²) in [5.41, 5.74) is 0.737. The Kier molecular flexibility index (Phi) is 7.41. The van der Waals surface area contributed by atoms with Gasteiger partial charge in [-0.15, -0.1) is 0 Å². The standard InChI is InChI=1S/C19H36O4Si/c1-15(2)24(16(3)4,17(5)6)22-12-9-10-19(14-20)11-13-21-18(7,8)23-19/h9-10,14-17H,11-13H2,1-8H3/b10-9+/t19-/m0/s1. The highest BCUT2D eigenvalue weighted by molar-refractivity contribution is 6.77. The van der Waals surface area contributed by atoms with Crippen LogP contribution in [0.2, 0.25) is 16.6 Å². The number of rotatable bonds is 8. The molecule has 1 fully saturated rings. The van der Waals surface area contributed by atoms with Crippen LogP contribution < -0.4 is 0 Å². The van der Waals surface area contributed by atoms with Crippen LogP contribution in [0.5, 0.6) is 0 Å². The predicted octanol–water partition coefficient (Wildman–Crippen LogP) is 4.85.